The molecule has 0 saturated carbocycles. The Bertz CT molecular complexity index is 196. The standard InChI is InChI=1S/C5H11O6P/c1-11-3-2-4(5(6)7)12(8,9)10/h4H,2-3H2,1H3,(H,6,7)(H2,8,9,10). The SMILES string of the molecule is COCCC(C(=O)O)P(=O)(O)O. The number of ether oxygens (including phenoxy) is 1. The van der Waals surface area contributed by atoms with Gasteiger partial charge in [-0.3, -0.25) is 9.36 Å². The maximum Gasteiger partial charge on any atom is 0.339 e. The minimum absolute atomic E-state index is 0.0159. The molecule has 0 bridgehead atoms. The largest absolute Gasteiger partial charge is 0.481 e. The van der Waals surface area contributed by atoms with Crippen molar-refractivity contribution < 1.29 is 29.0 Å². The Kier molecular flexibility index (Phi) is 4.41. The number of aliphatic carboxylic acids is 1. The summed E-state index contributed by atoms with van der Waals surface area (Å²) in [6.45, 7) is 0.0159. The molecule has 0 saturated heterocycles. The molecule has 0 aromatic carbocycles. The summed E-state index contributed by atoms with van der Waals surface area (Å²) in [6.07, 6.45) is -0.184. The lowest BCUT2D eigenvalue weighted by Gasteiger charge is -2.12. The molecule has 1 unspecified atom stereocenters. The van der Waals surface area contributed by atoms with Crippen molar-refractivity contribution in [3.63, 3.8) is 0 Å². The third-order valence-corrected chi connectivity index (χ3v) is 2.58. The van der Waals surface area contributed by atoms with Crippen LogP contribution in [-0.4, -0.2) is 40.2 Å². The topological polar surface area (TPSA) is 104 Å². The van der Waals surface area contributed by atoms with Crippen LogP contribution >= 0.6 is 7.60 Å². The van der Waals surface area contributed by atoms with Crippen LogP contribution in [0.4, 0.5) is 0 Å². The van der Waals surface area contributed by atoms with E-state index in [0.29, 0.717) is 0 Å². The van der Waals surface area contributed by atoms with Gasteiger partial charge in [0.25, 0.3) is 0 Å². The zero-order valence-corrected chi connectivity index (χ0v) is 7.40. The molecule has 6 nitrogen and oxygen atoms in total. The summed E-state index contributed by atoms with van der Waals surface area (Å²) < 4.78 is 15.0. The number of methoxy groups -OCH3 is 1. The average Bonchev–Trinajstić information content (AvgIpc) is 1.84. The van der Waals surface area contributed by atoms with Crippen LogP contribution < -0.4 is 0 Å². The molecule has 3 N–H and O–H groups in total. The van der Waals surface area contributed by atoms with E-state index in [9.17, 15) is 9.36 Å². The molecule has 0 aromatic rings. The van der Waals surface area contributed by atoms with E-state index in [1.54, 1.807) is 0 Å². The van der Waals surface area contributed by atoms with E-state index in [0.717, 1.165) is 0 Å². The molecular formula is C5H11O6P. The maximum atomic E-state index is 10.5. The van der Waals surface area contributed by atoms with Crippen LogP contribution in [0.1, 0.15) is 6.42 Å². The molecule has 0 amide bonds. The van der Waals surface area contributed by atoms with Gasteiger partial charge in [-0.05, 0) is 6.42 Å². The Labute approximate surface area is 69.3 Å². The summed E-state index contributed by atoms with van der Waals surface area (Å²) in [4.78, 5) is 27.4. The van der Waals surface area contributed by atoms with Gasteiger partial charge in [0, 0.05) is 13.7 Å². The molecule has 0 fully saturated rings. The minimum atomic E-state index is -4.54. The highest BCUT2D eigenvalue weighted by atomic mass is 31.2. The van der Waals surface area contributed by atoms with Gasteiger partial charge in [-0.2, -0.15) is 0 Å². The Morgan fingerprint density at radius 3 is 2.33 bits per heavy atom. The fourth-order valence-corrected chi connectivity index (χ4v) is 1.39. The van der Waals surface area contributed by atoms with Gasteiger partial charge in [-0.15, -0.1) is 0 Å². The number of carbonyl (C=O) groups is 1. The third kappa shape index (κ3) is 3.82. The fraction of sp³-hybridized carbons (Fsp3) is 0.800. The highest BCUT2D eigenvalue weighted by molar-refractivity contribution is 7.53. The minimum Gasteiger partial charge on any atom is -0.481 e. The number of hydrogen-bond acceptors (Lipinski definition) is 3. The molecule has 0 aliphatic heterocycles. The highest BCUT2D eigenvalue weighted by Crippen LogP contribution is 2.42. The molecule has 0 aliphatic carbocycles. The van der Waals surface area contributed by atoms with Crippen LogP contribution in [0.5, 0.6) is 0 Å². The van der Waals surface area contributed by atoms with Crippen LogP contribution in [0.2, 0.25) is 0 Å². The first-order valence-corrected chi connectivity index (χ1v) is 4.84. The molecule has 7 heteroatoms. The number of carboxylic acid groups (broad SMARTS) is 1. The van der Waals surface area contributed by atoms with Crippen LogP contribution in [0.15, 0.2) is 0 Å². The predicted molar refractivity (Wildman–Crippen MR) is 40.0 cm³/mol. The molecule has 1 atom stereocenters. The molecule has 0 aromatic heterocycles. The third-order valence-electron chi connectivity index (χ3n) is 1.29. The quantitative estimate of drug-likeness (QED) is 0.522. The van der Waals surface area contributed by atoms with E-state index < -0.39 is 19.2 Å². The summed E-state index contributed by atoms with van der Waals surface area (Å²) in [5.74, 6) is -1.50. The second-order valence-corrected chi connectivity index (χ2v) is 4.03. The van der Waals surface area contributed by atoms with Gasteiger partial charge in [0.05, 0.1) is 0 Å². The van der Waals surface area contributed by atoms with Gasteiger partial charge in [-0.25, -0.2) is 0 Å². The van der Waals surface area contributed by atoms with Crippen molar-refractivity contribution in [1.82, 2.24) is 0 Å². The summed E-state index contributed by atoms with van der Waals surface area (Å²) in [5.41, 5.74) is -1.66. The molecule has 0 radical (unpaired) electrons. The van der Waals surface area contributed by atoms with E-state index in [2.05, 4.69) is 4.74 Å². The maximum absolute atomic E-state index is 10.5. The van der Waals surface area contributed by atoms with Crippen LogP contribution in [0.3, 0.4) is 0 Å². The molecule has 0 rings (SSSR count). The Hall–Kier alpha value is -0.420. The van der Waals surface area contributed by atoms with Crippen molar-refractivity contribution in [2.24, 2.45) is 0 Å². The first-order valence-electron chi connectivity index (χ1n) is 3.16. The van der Waals surface area contributed by atoms with Crippen LogP contribution in [-0.2, 0) is 14.1 Å². The number of rotatable bonds is 5. The van der Waals surface area contributed by atoms with Gasteiger partial charge in [0.2, 0.25) is 0 Å². The smallest absolute Gasteiger partial charge is 0.339 e. The van der Waals surface area contributed by atoms with Crippen molar-refractivity contribution >= 4 is 13.6 Å². The van der Waals surface area contributed by atoms with Gasteiger partial charge in [0.15, 0.2) is 5.66 Å². The summed E-state index contributed by atoms with van der Waals surface area (Å²) in [7, 11) is -3.21. The molecule has 72 valence electrons. The second kappa shape index (κ2) is 4.57. The predicted octanol–water partition coefficient (Wildman–Crippen LogP) is -0.346. The van der Waals surface area contributed by atoms with Crippen LogP contribution in [0, 0.1) is 0 Å². The Balaban J connectivity index is 4.25. The van der Waals surface area contributed by atoms with Crippen molar-refractivity contribution in [3.8, 4) is 0 Å². The van der Waals surface area contributed by atoms with E-state index in [1.807, 2.05) is 0 Å². The molecular weight excluding hydrogens is 187 g/mol. The summed E-state index contributed by atoms with van der Waals surface area (Å²) in [5, 5.41) is 8.39. The van der Waals surface area contributed by atoms with Gasteiger partial charge in [-0.1, -0.05) is 0 Å². The second-order valence-electron chi connectivity index (χ2n) is 2.22. The zero-order chi connectivity index (χ0) is 9.78. The van der Waals surface area contributed by atoms with Crippen molar-refractivity contribution in [3.05, 3.63) is 0 Å². The van der Waals surface area contributed by atoms with Gasteiger partial charge >= 0.3 is 13.6 Å². The van der Waals surface area contributed by atoms with E-state index >= 15 is 0 Å². The highest BCUT2D eigenvalue weighted by Gasteiger charge is 2.34. The summed E-state index contributed by atoms with van der Waals surface area (Å²) in [6, 6.07) is 0. The normalized spacial score (nSPS) is 14.2. The van der Waals surface area contributed by atoms with Crippen LogP contribution in [0.25, 0.3) is 0 Å². The lowest BCUT2D eigenvalue weighted by Crippen LogP contribution is -2.21. The Morgan fingerprint density at radius 2 is 2.08 bits per heavy atom. The summed E-state index contributed by atoms with van der Waals surface area (Å²) >= 11 is 0. The lowest BCUT2D eigenvalue weighted by molar-refractivity contribution is -0.137. The lowest BCUT2D eigenvalue weighted by atomic mass is 10.3. The molecule has 0 aliphatic rings. The fourth-order valence-electron chi connectivity index (χ4n) is 0.665. The van der Waals surface area contributed by atoms with E-state index in [1.165, 1.54) is 7.11 Å². The zero-order valence-electron chi connectivity index (χ0n) is 6.51. The Morgan fingerprint density at radius 1 is 1.58 bits per heavy atom. The molecule has 12 heavy (non-hydrogen) atoms. The van der Waals surface area contributed by atoms with Gasteiger partial charge < -0.3 is 19.6 Å². The first kappa shape index (κ1) is 11.6. The van der Waals surface area contributed by atoms with Crippen molar-refractivity contribution in [1.29, 1.82) is 0 Å². The van der Waals surface area contributed by atoms with Crippen molar-refractivity contribution in [2.75, 3.05) is 13.7 Å². The van der Waals surface area contributed by atoms with Crippen molar-refractivity contribution in [2.45, 2.75) is 12.1 Å². The van der Waals surface area contributed by atoms with Gasteiger partial charge in [0.1, 0.15) is 0 Å². The number of carboxylic acids is 1. The molecule has 0 heterocycles. The van der Waals surface area contributed by atoms with E-state index in [4.69, 9.17) is 14.9 Å². The average molecular weight is 198 g/mol. The number of hydrogen-bond donors (Lipinski definition) is 3. The molecule has 0 spiro atoms. The first-order chi connectivity index (χ1) is 5.39. The van der Waals surface area contributed by atoms with E-state index in [-0.39, 0.29) is 13.0 Å². The monoisotopic (exact) mass is 198 g/mol.